The number of hydrogen-bond acceptors (Lipinski definition) is 1. The summed E-state index contributed by atoms with van der Waals surface area (Å²) < 4.78 is 39.0. The molecular formula is C6H11BF4NO-. The van der Waals surface area contributed by atoms with E-state index < -0.39 is 7.25 Å². The van der Waals surface area contributed by atoms with Crippen molar-refractivity contribution in [2.45, 2.75) is 25.7 Å². The number of nitrogens with one attached hydrogen (secondary N) is 1. The van der Waals surface area contributed by atoms with E-state index in [4.69, 9.17) is 0 Å². The Morgan fingerprint density at radius 3 is 2.15 bits per heavy atom. The lowest BCUT2D eigenvalue weighted by Crippen LogP contribution is -2.21. The number of halogens is 4. The molecule has 1 rings (SSSR count). The van der Waals surface area contributed by atoms with E-state index in [0.717, 1.165) is 25.8 Å². The minimum Gasteiger partial charge on any atom is -0.418 e. The zero-order chi connectivity index (χ0) is 10.3. The Morgan fingerprint density at radius 1 is 1.08 bits per heavy atom. The fourth-order valence-corrected chi connectivity index (χ4v) is 0.904. The van der Waals surface area contributed by atoms with Gasteiger partial charge in [-0.2, -0.15) is 0 Å². The van der Waals surface area contributed by atoms with E-state index in [-0.39, 0.29) is 5.91 Å². The first-order valence-corrected chi connectivity index (χ1v) is 4.03. The van der Waals surface area contributed by atoms with Crippen LogP contribution >= 0.6 is 0 Å². The van der Waals surface area contributed by atoms with Crippen molar-refractivity contribution < 1.29 is 22.1 Å². The molecule has 0 aromatic rings. The largest absolute Gasteiger partial charge is 0.673 e. The van der Waals surface area contributed by atoms with Crippen LogP contribution in [0, 0.1) is 0 Å². The minimum atomic E-state index is -6.00. The van der Waals surface area contributed by atoms with Gasteiger partial charge < -0.3 is 22.6 Å². The van der Waals surface area contributed by atoms with Crippen LogP contribution in [-0.4, -0.2) is 19.7 Å². The van der Waals surface area contributed by atoms with E-state index in [9.17, 15) is 22.1 Å². The predicted octanol–water partition coefficient (Wildman–Crippen LogP) is 1.98. The fraction of sp³-hybridized carbons (Fsp3) is 0.833. The van der Waals surface area contributed by atoms with Gasteiger partial charge >= 0.3 is 7.25 Å². The normalized spacial score (nSPS) is 18.0. The fourth-order valence-electron chi connectivity index (χ4n) is 0.904. The van der Waals surface area contributed by atoms with Crippen LogP contribution in [-0.2, 0) is 4.79 Å². The summed E-state index contributed by atoms with van der Waals surface area (Å²) in [5.41, 5.74) is 0. The molecule has 0 bridgehead atoms. The van der Waals surface area contributed by atoms with E-state index in [1.54, 1.807) is 0 Å². The first kappa shape index (κ1) is 12.3. The molecule has 1 heterocycles. The topological polar surface area (TPSA) is 29.1 Å². The second kappa shape index (κ2) is 5.82. The van der Waals surface area contributed by atoms with Crippen LogP contribution in [0.1, 0.15) is 25.7 Å². The molecule has 0 saturated carbocycles. The number of carbonyl (C=O) groups excluding carboxylic acids is 1. The van der Waals surface area contributed by atoms with E-state index in [1.165, 1.54) is 6.42 Å². The van der Waals surface area contributed by atoms with Gasteiger partial charge in [-0.05, 0) is 12.8 Å². The molecule has 13 heavy (non-hydrogen) atoms. The van der Waals surface area contributed by atoms with Crippen molar-refractivity contribution >= 4 is 13.2 Å². The number of carbonyl (C=O) groups is 1. The smallest absolute Gasteiger partial charge is 0.418 e. The predicted molar refractivity (Wildman–Crippen MR) is 41.7 cm³/mol. The van der Waals surface area contributed by atoms with E-state index in [0.29, 0.717) is 0 Å². The monoisotopic (exact) mass is 200 g/mol. The lowest BCUT2D eigenvalue weighted by atomic mass is 10.2. The summed E-state index contributed by atoms with van der Waals surface area (Å²) in [6, 6.07) is 0. The average molecular weight is 200 g/mol. The molecule has 1 N–H and O–H groups in total. The molecule has 0 spiro atoms. The van der Waals surface area contributed by atoms with Gasteiger partial charge in [-0.3, -0.25) is 4.79 Å². The summed E-state index contributed by atoms with van der Waals surface area (Å²) >= 11 is 0. The van der Waals surface area contributed by atoms with Crippen LogP contribution in [0.5, 0.6) is 0 Å². The SMILES string of the molecule is F[B-](F)(F)F.O=C1CCCCCN1. The molecule has 0 unspecified atom stereocenters. The Kier molecular flexibility index (Phi) is 5.49. The second-order valence-corrected chi connectivity index (χ2v) is 2.66. The standard InChI is InChI=1S/C6H11NO.BF4/c8-6-4-2-1-3-5-7-6;2-1(3,4)5/h1-5H2,(H,7,8);/q;-1. The van der Waals surface area contributed by atoms with Crippen LogP contribution in [0.15, 0.2) is 0 Å². The van der Waals surface area contributed by atoms with Crippen LogP contribution in [0.3, 0.4) is 0 Å². The highest BCUT2D eigenvalue weighted by Crippen LogP contribution is 2.06. The lowest BCUT2D eigenvalue weighted by molar-refractivity contribution is -0.120. The van der Waals surface area contributed by atoms with Crippen molar-refractivity contribution in [1.29, 1.82) is 0 Å². The van der Waals surface area contributed by atoms with Crippen molar-refractivity contribution in [3.8, 4) is 0 Å². The van der Waals surface area contributed by atoms with Crippen molar-refractivity contribution in [3.05, 3.63) is 0 Å². The zero-order valence-corrected chi connectivity index (χ0v) is 7.03. The van der Waals surface area contributed by atoms with Gasteiger partial charge in [-0.25, -0.2) is 0 Å². The molecule has 78 valence electrons. The molecular weight excluding hydrogens is 189 g/mol. The molecule has 1 saturated heterocycles. The van der Waals surface area contributed by atoms with Gasteiger partial charge in [-0.1, -0.05) is 6.42 Å². The van der Waals surface area contributed by atoms with Gasteiger partial charge in [0.1, 0.15) is 0 Å². The first-order chi connectivity index (χ1) is 5.89. The number of amides is 1. The van der Waals surface area contributed by atoms with Crippen molar-refractivity contribution in [2.75, 3.05) is 6.54 Å². The molecule has 0 aromatic heterocycles. The molecule has 1 aliphatic rings. The molecule has 7 heteroatoms. The molecule has 1 aliphatic heterocycles. The van der Waals surface area contributed by atoms with Gasteiger partial charge in [0.15, 0.2) is 0 Å². The minimum absolute atomic E-state index is 0.225. The molecule has 0 aromatic carbocycles. The van der Waals surface area contributed by atoms with Crippen LogP contribution in [0.2, 0.25) is 0 Å². The molecule has 1 amide bonds. The van der Waals surface area contributed by atoms with Crippen LogP contribution < -0.4 is 5.32 Å². The van der Waals surface area contributed by atoms with Crippen molar-refractivity contribution in [3.63, 3.8) is 0 Å². The Bertz CT molecular complexity index is 145. The van der Waals surface area contributed by atoms with Crippen LogP contribution in [0.4, 0.5) is 17.3 Å². The number of rotatable bonds is 0. The van der Waals surface area contributed by atoms with Crippen LogP contribution in [0.25, 0.3) is 0 Å². The van der Waals surface area contributed by atoms with E-state index in [2.05, 4.69) is 5.32 Å². The maximum absolute atomic E-state index is 10.6. The third kappa shape index (κ3) is 14.1. The van der Waals surface area contributed by atoms with Gasteiger partial charge in [-0.15, -0.1) is 0 Å². The zero-order valence-electron chi connectivity index (χ0n) is 7.03. The highest BCUT2D eigenvalue weighted by Gasteiger charge is 2.20. The van der Waals surface area contributed by atoms with E-state index in [1.807, 2.05) is 0 Å². The molecule has 0 radical (unpaired) electrons. The van der Waals surface area contributed by atoms with Crippen molar-refractivity contribution in [2.24, 2.45) is 0 Å². The average Bonchev–Trinajstić information content (AvgIpc) is 2.12. The maximum atomic E-state index is 10.6. The molecule has 0 aliphatic carbocycles. The summed E-state index contributed by atoms with van der Waals surface area (Å²) in [6.45, 7) is 0.888. The van der Waals surface area contributed by atoms with Gasteiger partial charge in [0.25, 0.3) is 0 Å². The summed E-state index contributed by atoms with van der Waals surface area (Å²) in [7, 11) is -6.00. The summed E-state index contributed by atoms with van der Waals surface area (Å²) in [4.78, 5) is 10.6. The summed E-state index contributed by atoms with van der Waals surface area (Å²) in [5, 5.41) is 2.81. The second-order valence-electron chi connectivity index (χ2n) is 2.66. The number of hydrogen-bond donors (Lipinski definition) is 1. The highest BCUT2D eigenvalue weighted by molar-refractivity contribution is 6.50. The third-order valence-corrected chi connectivity index (χ3v) is 1.40. The lowest BCUT2D eigenvalue weighted by Gasteiger charge is -1.94. The summed E-state index contributed by atoms with van der Waals surface area (Å²) in [6.07, 6.45) is 4.18. The quantitative estimate of drug-likeness (QED) is 0.470. The molecule has 0 atom stereocenters. The Labute approximate surface area is 73.8 Å². The van der Waals surface area contributed by atoms with Gasteiger partial charge in [0, 0.05) is 13.0 Å². The molecule has 1 fully saturated rings. The van der Waals surface area contributed by atoms with Gasteiger partial charge in [0.2, 0.25) is 5.91 Å². The van der Waals surface area contributed by atoms with Crippen molar-refractivity contribution in [1.82, 2.24) is 5.32 Å². The summed E-state index contributed by atoms with van der Waals surface area (Å²) in [5.74, 6) is 0.225. The Balaban J connectivity index is 0.000000252. The Hall–Kier alpha value is -0.745. The van der Waals surface area contributed by atoms with Gasteiger partial charge in [0.05, 0.1) is 0 Å². The third-order valence-electron chi connectivity index (χ3n) is 1.40. The maximum Gasteiger partial charge on any atom is 0.673 e. The first-order valence-electron chi connectivity index (χ1n) is 4.03. The highest BCUT2D eigenvalue weighted by atomic mass is 19.5. The molecule has 2 nitrogen and oxygen atoms in total. The van der Waals surface area contributed by atoms with E-state index >= 15 is 0 Å². The Morgan fingerprint density at radius 2 is 1.62 bits per heavy atom.